The van der Waals surface area contributed by atoms with Crippen molar-refractivity contribution in [3.05, 3.63) is 18.1 Å². The van der Waals surface area contributed by atoms with E-state index in [9.17, 15) is 4.79 Å². The van der Waals surface area contributed by atoms with Gasteiger partial charge in [0.1, 0.15) is 11.5 Å². The zero-order valence-corrected chi connectivity index (χ0v) is 12.3. The largest absolute Gasteiger partial charge is 0.385 e. The van der Waals surface area contributed by atoms with Crippen molar-refractivity contribution in [1.82, 2.24) is 15.3 Å². The van der Waals surface area contributed by atoms with Crippen LogP contribution in [0.4, 0.5) is 5.82 Å². The van der Waals surface area contributed by atoms with Crippen molar-refractivity contribution in [3.63, 3.8) is 0 Å². The quantitative estimate of drug-likeness (QED) is 0.640. The highest BCUT2D eigenvalue weighted by Gasteiger charge is 2.06. The lowest BCUT2D eigenvalue weighted by molar-refractivity contribution is 0.0943. The average molecular weight is 280 g/mol. The first kappa shape index (κ1) is 16.4. The summed E-state index contributed by atoms with van der Waals surface area (Å²) < 4.78 is 4.91. The molecular formula is C14H24N4O2. The van der Waals surface area contributed by atoms with E-state index in [0.29, 0.717) is 24.7 Å². The lowest BCUT2D eigenvalue weighted by atomic mass is 10.2. The molecule has 0 saturated heterocycles. The van der Waals surface area contributed by atoms with Crippen LogP contribution in [0.15, 0.2) is 12.4 Å². The molecule has 1 aromatic rings. The summed E-state index contributed by atoms with van der Waals surface area (Å²) in [4.78, 5) is 20.0. The molecule has 0 aromatic carbocycles. The number of rotatable bonds is 10. The molecule has 0 aliphatic carbocycles. The van der Waals surface area contributed by atoms with Gasteiger partial charge in [-0.3, -0.25) is 4.79 Å². The van der Waals surface area contributed by atoms with Gasteiger partial charge in [0.2, 0.25) is 0 Å². The highest BCUT2D eigenvalue weighted by molar-refractivity contribution is 5.91. The molecule has 0 aliphatic heterocycles. The van der Waals surface area contributed by atoms with E-state index in [0.717, 1.165) is 19.4 Å². The van der Waals surface area contributed by atoms with Crippen LogP contribution in [0, 0.1) is 0 Å². The van der Waals surface area contributed by atoms with E-state index in [-0.39, 0.29) is 5.91 Å². The van der Waals surface area contributed by atoms with Crippen molar-refractivity contribution in [2.45, 2.75) is 32.6 Å². The van der Waals surface area contributed by atoms with Crippen LogP contribution in [0.2, 0.25) is 0 Å². The highest BCUT2D eigenvalue weighted by atomic mass is 16.5. The molecule has 0 aliphatic rings. The lowest BCUT2D eigenvalue weighted by Gasteiger charge is -2.06. The topological polar surface area (TPSA) is 76.1 Å². The molecule has 1 heterocycles. The number of hydrogen-bond donors (Lipinski definition) is 2. The third-order valence-corrected chi connectivity index (χ3v) is 2.78. The third kappa shape index (κ3) is 6.47. The van der Waals surface area contributed by atoms with E-state index in [4.69, 9.17) is 4.74 Å². The van der Waals surface area contributed by atoms with Gasteiger partial charge < -0.3 is 15.4 Å². The lowest BCUT2D eigenvalue weighted by Crippen LogP contribution is -2.26. The standard InChI is InChI=1S/C14H24N4O2/c1-3-4-5-7-15-13-11-17-12(10-18-13)14(19)16-8-6-9-20-2/h10-11H,3-9H2,1-2H3,(H,15,18)(H,16,19). The van der Waals surface area contributed by atoms with E-state index in [1.165, 1.54) is 19.0 Å². The number of aromatic nitrogens is 2. The maximum atomic E-state index is 11.7. The summed E-state index contributed by atoms with van der Waals surface area (Å²) in [6, 6.07) is 0. The first-order valence-electron chi connectivity index (χ1n) is 7.11. The molecule has 0 saturated carbocycles. The predicted molar refractivity (Wildman–Crippen MR) is 78.9 cm³/mol. The Morgan fingerprint density at radius 2 is 2.05 bits per heavy atom. The second-order valence-corrected chi connectivity index (χ2v) is 4.52. The van der Waals surface area contributed by atoms with Crippen LogP contribution in [0.5, 0.6) is 0 Å². The molecule has 6 heteroatoms. The van der Waals surface area contributed by atoms with Gasteiger partial charge in [0.05, 0.1) is 12.4 Å². The Morgan fingerprint density at radius 1 is 1.20 bits per heavy atom. The van der Waals surface area contributed by atoms with Crippen LogP contribution >= 0.6 is 0 Å². The van der Waals surface area contributed by atoms with Crippen molar-refractivity contribution in [2.75, 3.05) is 32.1 Å². The summed E-state index contributed by atoms with van der Waals surface area (Å²) in [5.41, 5.74) is 0.335. The normalized spacial score (nSPS) is 10.3. The number of amides is 1. The van der Waals surface area contributed by atoms with Crippen molar-refractivity contribution in [3.8, 4) is 0 Å². The fourth-order valence-electron chi connectivity index (χ4n) is 1.64. The minimum Gasteiger partial charge on any atom is -0.385 e. The third-order valence-electron chi connectivity index (χ3n) is 2.78. The molecule has 2 N–H and O–H groups in total. The number of carbonyl (C=O) groups excluding carboxylic acids is 1. The monoisotopic (exact) mass is 280 g/mol. The Kier molecular flexibility index (Phi) is 8.30. The summed E-state index contributed by atoms with van der Waals surface area (Å²) in [5.74, 6) is 0.503. The minimum atomic E-state index is -0.203. The van der Waals surface area contributed by atoms with Crippen LogP contribution in [-0.2, 0) is 4.74 Å². The fourth-order valence-corrected chi connectivity index (χ4v) is 1.64. The van der Waals surface area contributed by atoms with Gasteiger partial charge in [-0.05, 0) is 12.8 Å². The van der Waals surface area contributed by atoms with Crippen molar-refractivity contribution < 1.29 is 9.53 Å². The van der Waals surface area contributed by atoms with Gasteiger partial charge in [-0.25, -0.2) is 9.97 Å². The maximum Gasteiger partial charge on any atom is 0.271 e. The molecule has 6 nitrogen and oxygen atoms in total. The van der Waals surface area contributed by atoms with Crippen LogP contribution in [-0.4, -0.2) is 42.7 Å². The minimum absolute atomic E-state index is 0.203. The molecule has 0 radical (unpaired) electrons. The Balaban J connectivity index is 2.31. The second kappa shape index (κ2) is 10.1. The van der Waals surface area contributed by atoms with Crippen molar-refractivity contribution in [2.24, 2.45) is 0 Å². The zero-order chi connectivity index (χ0) is 14.6. The number of hydrogen-bond acceptors (Lipinski definition) is 5. The van der Waals surface area contributed by atoms with E-state index in [1.807, 2.05) is 0 Å². The van der Waals surface area contributed by atoms with Crippen LogP contribution in [0.1, 0.15) is 43.1 Å². The molecule has 20 heavy (non-hydrogen) atoms. The molecule has 1 amide bonds. The molecule has 112 valence electrons. The van der Waals surface area contributed by atoms with Crippen LogP contribution in [0.25, 0.3) is 0 Å². The molecule has 0 fully saturated rings. The molecule has 1 rings (SSSR count). The second-order valence-electron chi connectivity index (χ2n) is 4.52. The number of carbonyl (C=O) groups is 1. The summed E-state index contributed by atoms with van der Waals surface area (Å²) in [5, 5.41) is 5.95. The SMILES string of the molecule is CCCCCNc1cnc(C(=O)NCCCOC)cn1. The van der Waals surface area contributed by atoms with Gasteiger partial charge in [-0.15, -0.1) is 0 Å². The van der Waals surface area contributed by atoms with Crippen LogP contribution < -0.4 is 10.6 Å². The van der Waals surface area contributed by atoms with Gasteiger partial charge in [0, 0.05) is 26.8 Å². The summed E-state index contributed by atoms with van der Waals surface area (Å²) >= 11 is 0. The Hall–Kier alpha value is -1.69. The number of anilines is 1. The van der Waals surface area contributed by atoms with Gasteiger partial charge in [0.25, 0.3) is 5.91 Å². The Bertz CT molecular complexity index is 381. The maximum absolute atomic E-state index is 11.7. The van der Waals surface area contributed by atoms with E-state index >= 15 is 0 Å². The Labute approximate surface area is 120 Å². The summed E-state index contributed by atoms with van der Waals surface area (Å²) in [6.07, 6.45) is 7.37. The molecule has 0 bridgehead atoms. The van der Waals surface area contributed by atoms with E-state index in [1.54, 1.807) is 13.3 Å². The first-order valence-corrected chi connectivity index (χ1v) is 7.11. The first-order chi connectivity index (χ1) is 9.77. The van der Waals surface area contributed by atoms with Crippen molar-refractivity contribution in [1.29, 1.82) is 0 Å². The van der Waals surface area contributed by atoms with E-state index in [2.05, 4.69) is 27.5 Å². The summed E-state index contributed by atoms with van der Waals surface area (Å²) in [6.45, 7) is 4.25. The molecule has 0 unspecified atom stereocenters. The highest BCUT2D eigenvalue weighted by Crippen LogP contribution is 2.02. The van der Waals surface area contributed by atoms with Gasteiger partial charge in [-0.2, -0.15) is 0 Å². The predicted octanol–water partition coefficient (Wildman–Crippen LogP) is 1.85. The fraction of sp³-hybridized carbons (Fsp3) is 0.643. The number of unbranched alkanes of at least 4 members (excludes halogenated alkanes) is 2. The number of nitrogens with one attached hydrogen (secondary N) is 2. The van der Waals surface area contributed by atoms with Gasteiger partial charge in [-0.1, -0.05) is 19.8 Å². The number of ether oxygens (including phenoxy) is 1. The number of methoxy groups -OCH3 is 1. The average Bonchev–Trinajstić information content (AvgIpc) is 2.48. The van der Waals surface area contributed by atoms with Crippen LogP contribution in [0.3, 0.4) is 0 Å². The molecular weight excluding hydrogens is 256 g/mol. The number of nitrogens with zero attached hydrogens (tertiary/aromatic N) is 2. The van der Waals surface area contributed by atoms with Gasteiger partial charge in [0.15, 0.2) is 0 Å². The zero-order valence-electron chi connectivity index (χ0n) is 12.3. The van der Waals surface area contributed by atoms with Gasteiger partial charge >= 0.3 is 0 Å². The van der Waals surface area contributed by atoms with Crippen molar-refractivity contribution >= 4 is 11.7 Å². The Morgan fingerprint density at radius 3 is 2.70 bits per heavy atom. The molecule has 0 atom stereocenters. The summed E-state index contributed by atoms with van der Waals surface area (Å²) in [7, 11) is 1.64. The molecule has 1 aromatic heterocycles. The smallest absolute Gasteiger partial charge is 0.271 e. The van der Waals surface area contributed by atoms with E-state index < -0.39 is 0 Å². The molecule has 0 spiro atoms.